The van der Waals surface area contributed by atoms with Crippen LogP contribution < -0.4 is 10.5 Å². The predicted molar refractivity (Wildman–Crippen MR) is 132 cm³/mol. The number of hydrogen-bond donors (Lipinski definition) is 4. The average Bonchev–Trinajstić information content (AvgIpc) is 2.83. The molecule has 5 N–H and O–H groups in total. The number of nitrogen functional groups attached to an aromatic ring is 1. The predicted octanol–water partition coefficient (Wildman–Crippen LogP) is 4.38. The second-order valence-corrected chi connectivity index (χ2v) is 8.04. The lowest BCUT2D eigenvalue weighted by Crippen LogP contribution is -2.21. The molecule has 0 aromatic heterocycles. The lowest BCUT2D eigenvalue weighted by atomic mass is 9.82. The first-order valence-corrected chi connectivity index (χ1v) is 10.8. The Morgan fingerprint density at radius 1 is 0.722 bits per heavy atom. The van der Waals surface area contributed by atoms with Gasteiger partial charge in [0.1, 0.15) is 28.6 Å². The summed E-state index contributed by atoms with van der Waals surface area (Å²) in [4.78, 5) is 36.4. The van der Waals surface area contributed by atoms with Crippen molar-refractivity contribution in [1.29, 1.82) is 0 Å². The van der Waals surface area contributed by atoms with Crippen molar-refractivity contribution in [3.05, 3.63) is 112 Å². The topological polar surface area (TPSA) is 147 Å². The molecule has 0 spiro atoms. The number of nitrogens with two attached hydrogens (primary N) is 1. The fourth-order valence-corrected chi connectivity index (χ4v) is 3.79. The van der Waals surface area contributed by atoms with Crippen molar-refractivity contribution in [2.24, 2.45) is 0 Å². The molecule has 0 unspecified atom stereocenters. The minimum absolute atomic E-state index is 0.0374. The number of esters is 1. The molecule has 0 saturated heterocycles. The van der Waals surface area contributed by atoms with Crippen molar-refractivity contribution in [3.63, 3.8) is 0 Å². The summed E-state index contributed by atoms with van der Waals surface area (Å²) in [6.45, 7) is 1.73. The Balaban J connectivity index is 0.000000170. The Morgan fingerprint density at radius 2 is 1.42 bits per heavy atom. The summed E-state index contributed by atoms with van der Waals surface area (Å²) in [6.07, 6.45) is 0. The summed E-state index contributed by atoms with van der Waals surface area (Å²) in [6, 6.07) is 20.3. The van der Waals surface area contributed by atoms with Crippen molar-refractivity contribution in [1.82, 2.24) is 0 Å². The third-order valence-corrected chi connectivity index (χ3v) is 5.44. The van der Waals surface area contributed by atoms with Gasteiger partial charge in [-0.1, -0.05) is 30.3 Å². The Hall–Kier alpha value is -5.11. The molecule has 180 valence electrons. The number of phenolic OH excluding ortho intramolecular Hbond substituents is 3. The normalized spacial score (nSPS) is 11.6. The number of aryl methyl sites for hydroxylation is 1. The van der Waals surface area contributed by atoms with Crippen LogP contribution in [0.15, 0.2) is 78.9 Å². The van der Waals surface area contributed by atoms with Crippen LogP contribution >= 0.6 is 0 Å². The Labute approximate surface area is 205 Å². The van der Waals surface area contributed by atoms with Crippen LogP contribution in [0.25, 0.3) is 0 Å². The molecule has 0 atom stereocenters. The number of carbonyl (C=O) groups is 3. The number of aromatic hydroxyl groups is 3. The number of benzene rings is 4. The molecule has 0 amide bonds. The molecule has 0 bridgehead atoms. The highest BCUT2D eigenvalue weighted by Crippen LogP contribution is 2.36. The van der Waals surface area contributed by atoms with Gasteiger partial charge in [-0.05, 0) is 55.0 Å². The Morgan fingerprint density at radius 3 is 2.11 bits per heavy atom. The smallest absolute Gasteiger partial charge is 0.347 e. The van der Waals surface area contributed by atoms with Crippen LogP contribution in [-0.4, -0.2) is 32.9 Å². The first-order chi connectivity index (χ1) is 17.2. The lowest BCUT2D eigenvalue weighted by Gasteiger charge is -2.19. The van der Waals surface area contributed by atoms with Crippen molar-refractivity contribution >= 4 is 23.2 Å². The number of carbonyl (C=O) groups excluding carboxylic acids is 3. The number of rotatable bonds is 2. The zero-order chi connectivity index (χ0) is 26.0. The third-order valence-electron chi connectivity index (χ3n) is 5.44. The fourth-order valence-electron chi connectivity index (χ4n) is 3.79. The molecule has 0 heterocycles. The average molecular weight is 483 g/mol. The van der Waals surface area contributed by atoms with Crippen molar-refractivity contribution in [2.45, 2.75) is 6.92 Å². The van der Waals surface area contributed by atoms with Gasteiger partial charge in [-0.25, -0.2) is 4.79 Å². The van der Waals surface area contributed by atoms with Crippen LogP contribution in [0.3, 0.4) is 0 Å². The quantitative estimate of drug-likeness (QED) is 0.164. The van der Waals surface area contributed by atoms with Crippen molar-refractivity contribution < 1.29 is 34.4 Å². The van der Waals surface area contributed by atoms with E-state index in [1.807, 2.05) is 6.07 Å². The second kappa shape index (κ2) is 9.63. The number of hydrogen-bond acceptors (Lipinski definition) is 8. The standard InChI is InChI=1S/C15H10O4.C13H11NO3/c1-7-5-9-13(11(17)6-7)15(19)12-8(14(9)18)3-2-4-10(12)16;14-9-6-7-11(12(15)8-9)13(16)17-10-4-2-1-3-5-10/h2-6,16-17H,1H3;1-8,15H,14H2. The minimum atomic E-state index is -0.617. The first kappa shape index (κ1) is 24.0. The van der Waals surface area contributed by atoms with Crippen LogP contribution in [0.4, 0.5) is 5.69 Å². The highest BCUT2D eigenvalue weighted by atomic mass is 16.5. The number of ketones is 2. The van der Waals surface area contributed by atoms with E-state index in [2.05, 4.69) is 0 Å². The largest absolute Gasteiger partial charge is 0.507 e. The van der Waals surface area contributed by atoms with E-state index in [1.165, 1.54) is 42.5 Å². The van der Waals surface area contributed by atoms with Gasteiger partial charge in [0.25, 0.3) is 0 Å². The molecule has 4 aromatic rings. The maximum atomic E-state index is 12.3. The van der Waals surface area contributed by atoms with E-state index in [-0.39, 0.29) is 50.8 Å². The number of para-hydroxylation sites is 1. The second-order valence-electron chi connectivity index (χ2n) is 8.04. The monoisotopic (exact) mass is 483 g/mol. The molecule has 8 heteroatoms. The van der Waals surface area contributed by atoms with Gasteiger partial charge >= 0.3 is 5.97 Å². The number of anilines is 1. The number of ether oxygens (including phenoxy) is 1. The summed E-state index contributed by atoms with van der Waals surface area (Å²) in [5, 5.41) is 29.2. The van der Waals surface area contributed by atoms with E-state index < -0.39 is 11.8 Å². The van der Waals surface area contributed by atoms with Gasteiger partial charge in [-0.15, -0.1) is 0 Å². The molecule has 0 saturated carbocycles. The number of phenols is 3. The van der Waals surface area contributed by atoms with E-state index >= 15 is 0 Å². The van der Waals surface area contributed by atoms with E-state index in [9.17, 15) is 29.7 Å². The van der Waals surface area contributed by atoms with E-state index in [4.69, 9.17) is 10.5 Å². The van der Waals surface area contributed by atoms with E-state index in [1.54, 1.807) is 37.3 Å². The highest BCUT2D eigenvalue weighted by Gasteiger charge is 2.34. The molecule has 0 aliphatic heterocycles. The molecule has 36 heavy (non-hydrogen) atoms. The van der Waals surface area contributed by atoms with Crippen LogP contribution in [0.1, 0.15) is 47.8 Å². The lowest BCUT2D eigenvalue weighted by molar-refractivity contribution is 0.0731. The van der Waals surface area contributed by atoms with E-state index in [0.29, 0.717) is 17.0 Å². The summed E-state index contributed by atoms with van der Waals surface area (Å²) >= 11 is 0. The maximum absolute atomic E-state index is 12.3. The van der Waals surface area contributed by atoms with Gasteiger partial charge in [0.05, 0.1) is 11.1 Å². The van der Waals surface area contributed by atoms with Crippen molar-refractivity contribution in [2.75, 3.05) is 5.73 Å². The van der Waals surface area contributed by atoms with Crippen LogP contribution in [0.5, 0.6) is 23.0 Å². The molecule has 1 aliphatic rings. The highest BCUT2D eigenvalue weighted by molar-refractivity contribution is 6.30. The van der Waals surface area contributed by atoms with Gasteiger partial charge in [-0.2, -0.15) is 0 Å². The van der Waals surface area contributed by atoms with Gasteiger partial charge in [0.15, 0.2) is 5.78 Å². The Bertz CT molecular complexity index is 1510. The van der Waals surface area contributed by atoms with Crippen LogP contribution in [0.2, 0.25) is 0 Å². The third kappa shape index (κ3) is 4.60. The molecule has 8 nitrogen and oxygen atoms in total. The summed E-state index contributed by atoms with van der Waals surface area (Å²) in [7, 11) is 0. The van der Waals surface area contributed by atoms with Crippen molar-refractivity contribution in [3.8, 4) is 23.0 Å². The molecule has 1 aliphatic carbocycles. The van der Waals surface area contributed by atoms with Gasteiger partial charge in [0.2, 0.25) is 5.78 Å². The van der Waals surface area contributed by atoms with Crippen LogP contribution in [-0.2, 0) is 0 Å². The van der Waals surface area contributed by atoms with E-state index in [0.717, 1.165) is 0 Å². The molecule has 4 aromatic carbocycles. The Kier molecular flexibility index (Phi) is 6.43. The summed E-state index contributed by atoms with van der Waals surface area (Å²) in [5.41, 5.74) is 6.91. The molecule has 5 rings (SSSR count). The van der Waals surface area contributed by atoms with Crippen LogP contribution in [0, 0.1) is 6.92 Å². The molecule has 0 fully saturated rings. The zero-order valence-electron chi connectivity index (χ0n) is 19.1. The van der Waals surface area contributed by atoms with Gasteiger partial charge < -0.3 is 25.8 Å². The zero-order valence-corrected chi connectivity index (χ0v) is 19.1. The maximum Gasteiger partial charge on any atom is 0.347 e. The van der Waals surface area contributed by atoms with Gasteiger partial charge in [-0.3, -0.25) is 9.59 Å². The molecular formula is C28H21NO7. The number of fused-ring (bicyclic) bond motifs is 2. The molecular weight excluding hydrogens is 462 g/mol. The molecule has 0 radical (unpaired) electrons. The minimum Gasteiger partial charge on any atom is -0.507 e. The first-order valence-electron chi connectivity index (χ1n) is 10.8. The van der Waals surface area contributed by atoms with Gasteiger partial charge in [0, 0.05) is 22.9 Å². The summed E-state index contributed by atoms with van der Waals surface area (Å²) in [5.74, 6) is -1.75. The SMILES string of the molecule is Cc1cc(O)c2c(c1)C(=O)c1cccc(O)c1C2=O.Nc1ccc(C(=O)Oc2ccccc2)c(O)c1. The summed E-state index contributed by atoms with van der Waals surface area (Å²) < 4.78 is 5.08. The fraction of sp³-hybridized carbons (Fsp3) is 0.0357.